The zero-order valence-corrected chi connectivity index (χ0v) is 13.9. The average Bonchev–Trinajstić information content (AvgIpc) is 2.57. The molecule has 0 aromatic rings. The molecule has 1 aliphatic carbocycles. The molecule has 3 unspecified atom stereocenters. The Labute approximate surface area is 128 Å². The van der Waals surface area contributed by atoms with Crippen LogP contribution in [0.1, 0.15) is 53.4 Å². The minimum Gasteiger partial charge on any atom is -0.375 e. The van der Waals surface area contributed by atoms with Crippen LogP contribution in [0.3, 0.4) is 0 Å². The molecule has 0 spiro atoms. The summed E-state index contributed by atoms with van der Waals surface area (Å²) in [6.45, 7) is 10.5. The van der Waals surface area contributed by atoms with Gasteiger partial charge >= 0.3 is 0 Å². The first-order chi connectivity index (χ1) is 9.81. The van der Waals surface area contributed by atoms with Crippen molar-refractivity contribution in [3.8, 4) is 0 Å². The molecular formula is C17H29NO3. The van der Waals surface area contributed by atoms with Crippen LogP contribution in [0.25, 0.3) is 0 Å². The van der Waals surface area contributed by atoms with Crippen LogP contribution in [0.2, 0.25) is 0 Å². The van der Waals surface area contributed by atoms with E-state index in [1.54, 1.807) is 0 Å². The van der Waals surface area contributed by atoms with Gasteiger partial charge in [-0.05, 0) is 40.5 Å². The summed E-state index contributed by atoms with van der Waals surface area (Å²) >= 11 is 0. The molecule has 0 aromatic carbocycles. The predicted molar refractivity (Wildman–Crippen MR) is 81.3 cm³/mol. The second-order valence-corrected chi connectivity index (χ2v) is 7.89. The van der Waals surface area contributed by atoms with Gasteiger partial charge in [0.15, 0.2) is 5.78 Å². The van der Waals surface area contributed by atoms with Crippen molar-refractivity contribution >= 4 is 5.78 Å². The van der Waals surface area contributed by atoms with Crippen molar-refractivity contribution in [1.29, 1.82) is 0 Å². The first-order valence-corrected chi connectivity index (χ1v) is 8.41. The Morgan fingerprint density at radius 2 is 1.90 bits per heavy atom. The highest BCUT2D eigenvalue weighted by Crippen LogP contribution is 2.40. The quantitative estimate of drug-likeness (QED) is 0.784. The summed E-state index contributed by atoms with van der Waals surface area (Å²) in [6, 6.07) is 0.500. The number of rotatable bonds is 2. The molecule has 2 aliphatic heterocycles. The molecule has 4 nitrogen and oxygen atoms in total. The van der Waals surface area contributed by atoms with Crippen LogP contribution in [0.4, 0.5) is 0 Å². The fraction of sp³-hybridized carbons (Fsp3) is 0.941. The highest BCUT2D eigenvalue weighted by Gasteiger charge is 2.54. The highest BCUT2D eigenvalue weighted by molar-refractivity contribution is 5.91. The Hall–Kier alpha value is -0.450. The Balaban J connectivity index is 1.74. The average molecular weight is 295 g/mol. The normalized spacial score (nSPS) is 39.2. The van der Waals surface area contributed by atoms with E-state index in [1.807, 2.05) is 13.8 Å². The molecule has 3 fully saturated rings. The Morgan fingerprint density at radius 1 is 1.19 bits per heavy atom. The van der Waals surface area contributed by atoms with Crippen molar-refractivity contribution in [1.82, 2.24) is 4.90 Å². The van der Waals surface area contributed by atoms with Gasteiger partial charge in [0.1, 0.15) is 5.60 Å². The van der Waals surface area contributed by atoms with Crippen LogP contribution in [-0.2, 0) is 14.3 Å². The van der Waals surface area contributed by atoms with Gasteiger partial charge in [-0.1, -0.05) is 12.8 Å². The van der Waals surface area contributed by atoms with Crippen molar-refractivity contribution < 1.29 is 14.3 Å². The predicted octanol–water partition coefficient (Wildman–Crippen LogP) is 2.40. The van der Waals surface area contributed by atoms with Crippen molar-refractivity contribution in [3.63, 3.8) is 0 Å². The van der Waals surface area contributed by atoms with E-state index >= 15 is 0 Å². The van der Waals surface area contributed by atoms with E-state index in [4.69, 9.17) is 9.47 Å². The number of ether oxygens (including phenoxy) is 2. The lowest BCUT2D eigenvalue weighted by Crippen LogP contribution is -2.55. The standard InChI is InChI=1S/C17H29NO3/c1-16(2)12(15(19)17(3,4)21-16)11-18-9-10-20-14-8-6-5-7-13(14)18/h12-14H,5-11H2,1-4H3. The lowest BCUT2D eigenvalue weighted by Gasteiger charge is -2.45. The molecule has 3 rings (SSSR count). The van der Waals surface area contributed by atoms with E-state index in [1.165, 1.54) is 25.7 Å². The maximum atomic E-state index is 12.7. The molecule has 0 aromatic heterocycles. The first-order valence-electron chi connectivity index (χ1n) is 8.41. The van der Waals surface area contributed by atoms with Gasteiger partial charge < -0.3 is 9.47 Å². The minimum absolute atomic E-state index is 0.0341. The second kappa shape index (κ2) is 5.32. The van der Waals surface area contributed by atoms with Crippen LogP contribution in [0.5, 0.6) is 0 Å². The summed E-state index contributed by atoms with van der Waals surface area (Å²) in [5, 5.41) is 0. The van der Waals surface area contributed by atoms with Crippen LogP contribution in [-0.4, -0.2) is 53.7 Å². The summed E-state index contributed by atoms with van der Waals surface area (Å²) in [4.78, 5) is 15.2. The number of fused-ring (bicyclic) bond motifs is 1. The van der Waals surface area contributed by atoms with Crippen molar-refractivity contribution in [2.75, 3.05) is 19.7 Å². The van der Waals surface area contributed by atoms with E-state index in [-0.39, 0.29) is 17.3 Å². The van der Waals surface area contributed by atoms with Gasteiger partial charge in [0.2, 0.25) is 0 Å². The maximum Gasteiger partial charge on any atom is 0.171 e. The smallest absolute Gasteiger partial charge is 0.171 e. The molecule has 120 valence electrons. The summed E-state index contributed by atoms with van der Waals surface area (Å²) < 4.78 is 12.0. The lowest BCUT2D eigenvalue weighted by molar-refractivity contribution is -0.133. The van der Waals surface area contributed by atoms with E-state index in [2.05, 4.69) is 18.7 Å². The van der Waals surface area contributed by atoms with Gasteiger partial charge in [-0.25, -0.2) is 0 Å². The molecule has 0 bridgehead atoms. The zero-order valence-electron chi connectivity index (χ0n) is 13.9. The van der Waals surface area contributed by atoms with Crippen LogP contribution in [0, 0.1) is 5.92 Å². The Morgan fingerprint density at radius 3 is 2.57 bits per heavy atom. The fourth-order valence-electron chi connectivity index (χ4n) is 4.45. The number of carbonyl (C=O) groups excluding carboxylic acids is 1. The first kappa shape index (κ1) is 15.4. The van der Waals surface area contributed by atoms with E-state index in [9.17, 15) is 4.79 Å². The topological polar surface area (TPSA) is 38.8 Å². The Bertz CT molecular complexity index is 416. The fourth-order valence-corrected chi connectivity index (χ4v) is 4.45. The van der Waals surface area contributed by atoms with Crippen molar-refractivity contribution in [2.24, 2.45) is 5.92 Å². The molecule has 1 saturated carbocycles. The van der Waals surface area contributed by atoms with E-state index < -0.39 is 5.60 Å². The summed E-state index contributed by atoms with van der Waals surface area (Å²) in [6.07, 6.45) is 5.31. The third kappa shape index (κ3) is 2.78. The van der Waals surface area contributed by atoms with Crippen molar-refractivity contribution in [2.45, 2.75) is 76.7 Å². The number of hydrogen-bond donors (Lipinski definition) is 0. The van der Waals surface area contributed by atoms with Gasteiger partial charge in [0.25, 0.3) is 0 Å². The van der Waals surface area contributed by atoms with Gasteiger partial charge in [0.05, 0.1) is 24.2 Å². The molecule has 0 radical (unpaired) electrons. The third-order valence-electron chi connectivity index (χ3n) is 5.53. The summed E-state index contributed by atoms with van der Waals surface area (Å²) in [5.74, 6) is 0.222. The van der Waals surface area contributed by atoms with E-state index in [0.717, 1.165) is 19.7 Å². The molecule has 4 heteroatoms. The monoisotopic (exact) mass is 295 g/mol. The summed E-state index contributed by atoms with van der Waals surface area (Å²) in [7, 11) is 0. The van der Waals surface area contributed by atoms with E-state index in [0.29, 0.717) is 12.1 Å². The molecular weight excluding hydrogens is 266 g/mol. The minimum atomic E-state index is -0.646. The zero-order chi connectivity index (χ0) is 15.3. The second-order valence-electron chi connectivity index (χ2n) is 7.89. The van der Waals surface area contributed by atoms with Crippen LogP contribution >= 0.6 is 0 Å². The number of ketones is 1. The van der Waals surface area contributed by atoms with Gasteiger partial charge in [-0.15, -0.1) is 0 Å². The molecule has 3 aliphatic rings. The van der Waals surface area contributed by atoms with Crippen LogP contribution < -0.4 is 0 Å². The molecule has 3 atom stereocenters. The highest BCUT2D eigenvalue weighted by atomic mass is 16.5. The SMILES string of the molecule is CC1(C)OC(C)(C)C(CN2CCOC3CCCCC32)C1=O. The van der Waals surface area contributed by atoms with Gasteiger partial charge in [0, 0.05) is 19.1 Å². The number of Topliss-reactive ketones (excluding diaryl/α,β-unsaturated/α-hetero) is 1. The molecule has 2 heterocycles. The maximum absolute atomic E-state index is 12.7. The largest absolute Gasteiger partial charge is 0.375 e. The summed E-state index contributed by atoms with van der Waals surface area (Å²) in [5.41, 5.74) is -1.02. The Kier molecular flexibility index (Phi) is 3.92. The van der Waals surface area contributed by atoms with Gasteiger partial charge in [-0.3, -0.25) is 9.69 Å². The molecule has 2 saturated heterocycles. The number of carbonyl (C=O) groups is 1. The number of nitrogens with zero attached hydrogens (tertiary/aromatic N) is 1. The van der Waals surface area contributed by atoms with Crippen molar-refractivity contribution in [3.05, 3.63) is 0 Å². The molecule has 21 heavy (non-hydrogen) atoms. The molecule has 0 amide bonds. The third-order valence-corrected chi connectivity index (χ3v) is 5.53. The molecule has 0 N–H and O–H groups in total. The van der Waals surface area contributed by atoms with Crippen LogP contribution in [0.15, 0.2) is 0 Å². The number of hydrogen-bond acceptors (Lipinski definition) is 4. The lowest BCUT2D eigenvalue weighted by atomic mass is 9.83. The van der Waals surface area contributed by atoms with Gasteiger partial charge in [-0.2, -0.15) is 0 Å². The number of morpholine rings is 1.